The minimum absolute atomic E-state index is 0.0433. The Morgan fingerprint density at radius 2 is 1.65 bits per heavy atom. The normalized spacial score (nSPS) is 17.7. The van der Waals surface area contributed by atoms with Crippen LogP contribution in [-0.4, -0.2) is 91.5 Å². The van der Waals surface area contributed by atoms with Crippen LogP contribution >= 0.6 is 11.6 Å². The van der Waals surface area contributed by atoms with E-state index in [0.29, 0.717) is 63.1 Å². The second-order valence-corrected chi connectivity index (χ2v) is 16.1. The van der Waals surface area contributed by atoms with E-state index in [2.05, 4.69) is 21.3 Å². The van der Waals surface area contributed by atoms with Crippen LogP contribution in [-0.2, 0) is 43.0 Å². The zero-order chi connectivity index (χ0) is 44.7. The van der Waals surface area contributed by atoms with Crippen molar-refractivity contribution in [2.45, 2.75) is 111 Å². The van der Waals surface area contributed by atoms with Crippen LogP contribution in [0.1, 0.15) is 92.9 Å². The number of carbonyl (C=O) groups excluding carboxylic acids is 7. The first kappa shape index (κ1) is 50.7. The molecule has 0 radical (unpaired) electrons. The highest BCUT2D eigenvalue weighted by Gasteiger charge is 2.32. The maximum atomic E-state index is 13.2. The van der Waals surface area contributed by atoms with E-state index in [-0.39, 0.29) is 48.5 Å². The van der Waals surface area contributed by atoms with Crippen molar-refractivity contribution in [2.75, 3.05) is 26.7 Å². The highest BCUT2D eigenvalue weighted by molar-refractivity contribution is 6.29. The quantitative estimate of drug-likeness (QED) is 0.0307. The second kappa shape index (κ2) is 26.6. The van der Waals surface area contributed by atoms with Crippen molar-refractivity contribution in [3.05, 3.63) is 83.3 Å². The van der Waals surface area contributed by atoms with Crippen molar-refractivity contribution in [1.29, 1.82) is 0 Å². The van der Waals surface area contributed by atoms with Crippen LogP contribution in [0, 0.1) is 11.3 Å². The number of esters is 1. The molecule has 2 heterocycles. The van der Waals surface area contributed by atoms with Crippen LogP contribution in [0.15, 0.2) is 83.3 Å². The molecule has 4 N–H and O–H groups in total. The van der Waals surface area contributed by atoms with Gasteiger partial charge in [0, 0.05) is 74.5 Å². The maximum Gasteiger partial charge on any atom is 0.407 e. The van der Waals surface area contributed by atoms with Crippen LogP contribution in [0.25, 0.3) is 0 Å². The van der Waals surface area contributed by atoms with Gasteiger partial charge in [0.2, 0.25) is 17.7 Å². The number of nitrogens with one attached hydrogen (secondary N) is 4. The monoisotopic (exact) mass is 855 g/mol. The number of allylic oxidation sites excluding steroid dienone is 5. The predicted molar refractivity (Wildman–Crippen MR) is 229 cm³/mol. The number of amides is 6. The number of hydrogen-bond acceptors (Lipinski definition) is 10. The molecule has 0 saturated carbocycles. The van der Waals surface area contributed by atoms with E-state index in [1.54, 1.807) is 37.3 Å². The Morgan fingerprint density at radius 3 is 2.30 bits per heavy atom. The van der Waals surface area contributed by atoms with Crippen molar-refractivity contribution in [2.24, 2.45) is 11.3 Å². The van der Waals surface area contributed by atoms with Gasteiger partial charge in [0.05, 0.1) is 7.11 Å². The lowest BCUT2D eigenvalue weighted by molar-refractivity contribution is -0.151. The van der Waals surface area contributed by atoms with E-state index in [1.807, 2.05) is 46.8 Å². The smallest absolute Gasteiger partial charge is 0.407 e. The summed E-state index contributed by atoms with van der Waals surface area (Å²) in [5.74, 6) is -1.94. The standard InChI is InChI=1S/C44H62ClN5O10/c1-30(29-31(2)34-21-22-35(58-7)42(56)60-34)15-10-11-18-37(52)49-40(44(4,5)6)41(55)47-25-13-16-33(20-19-32(3)45)59-43(57)48-27-14-26-46-36(51)17-9-8-12-28-50-38(53)23-24-39(50)54/h10-11,13,15,18-19,22-25,29,31,33-34,40H,8-9,12,14,16-17,20-21,26-28H2,1-7H3,(H,46,51)(H,47,55)(H,48,57)(H,49,52)/b15-10-,18-11-,25-13-,30-29+,32-19+/t31-,33+,34-,40+/m0/s1. The number of ether oxygens (including phenoxy) is 3. The Morgan fingerprint density at radius 1 is 0.967 bits per heavy atom. The van der Waals surface area contributed by atoms with Crippen LogP contribution in [0.4, 0.5) is 4.79 Å². The van der Waals surface area contributed by atoms with Gasteiger partial charge in [0.15, 0.2) is 5.76 Å². The first-order valence-corrected chi connectivity index (χ1v) is 20.6. The summed E-state index contributed by atoms with van der Waals surface area (Å²) in [6.45, 7) is 12.0. The fourth-order valence-electron chi connectivity index (χ4n) is 5.93. The molecule has 6 amide bonds. The van der Waals surface area contributed by atoms with Crippen molar-refractivity contribution in [3.63, 3.8) is 0 Å². The number of carbonyl (C=O) groups is 7. The van der Waals surface area contributed by atoms with Crippen LogP contribution in [0.3, 0.4) is 0 Å². The lowest BCUT2D eigenvalue weighted by atomic mass is 9.86. The highest BCUT2D eigenvalue weighted by atomic mass is 35.5. The van der Waals surface area contributed by atoms with Crippen molar-refractivity contribution >= 4 is 53.2 Å². The Hall–Kier alpha value is -5.44. The molecule has 0 unspecified atom stereocenters. The number of rotatable bonds is 24. The summed E-state index contributed by atoms with van der Waals surface area (Å²) in [6.07, 6.45) is 19.8. The zero-order valence-corrected chi connectivity index (χ0v) is 36.6. The van der Waals surface area contributed by atoms with Gasteiger partial charge in [-0.2, -0.15) is 0 Å². The molecule has 0 fully saturated rings. The summed E-state index contributed by atoms with van der Waals surface area (Å²) in [6, 6.07) is -0.871. The molecule has 15 nitrogen and oxygen atoms in total. The van der Waals surface area contributed by atoms with Gasteiger partial charge in [-0.05, 0) is 50.8 Å². The van der Waals surface area contributed by atoms with Crippen LogP contribution < -0.4 is 21.3 Å². The Bertz CT molecular complexity index is 1720. The summed E-state index contributed by atoms with van der Waals surface area (Å²) in [5, 5.41) is 11.5. The van der Waals surface area contributed by atoms with Crippen molar-refractivity contribution in [1.82, 2.24) is 26.2 Å². The number of hydrogen-bond donors (Lipinski definition) is 4. The third kappa shape index (κ3) is 20.0. The molecule has 2 rings (SSSR count). The number of alkyl carbamates (subject to hydrolysis) is 1. The van der Waals surface area contributed by atoms with Gasteiger partial charge in [-0.25, -0.2) is 9.59 Å². The van der Waals surface area contributed by atoms with Crippen molar-refractivity contribution < 1.29 is 47.8 Å². The van der Waals surface area contributed by atoms with E-state index in [0.717, 1.165) is 5.57 Å². The third-order valence-electron chi connectivity index (χ3n) is 9.27. The number of nitrogens with zero attached hydrogens (tertiary/aromatic N) is 1. The molecule has 0 saturated heterocycles. The van der Waals surface area contributed by atoms with Gasteiger partial charge < -0.3 is 35.5 Å². The third-order valence-corrected chi connectivity index (χ3v) is 9.42. The summed E-state index contributed by atoms with van der Waals surface area (Å²) < 4.78 is 16.0. The molecule has 60 heavy (non-hydrogen) atoms. The SMILES string of the molecule is COC1=CC[C@@H]([C@@H](C)/C=C(C)/C=C\C=C/C(=O)N[C@H](C(=O)N/C=C\C[C@H](C/C=C(\C)Cl)OC(=O)NCCCNC(=O)CCCCCN2C(=O)C=CC2=O)C(C)(C)C)OC1=O. The molecule has 2 aliphatic heterocycles. The predicted octanol–water partition coefficient (Wildman–Crippen LogP) is 5.70. The van der Waals surface area contributed by atoms with E-state index in [1.165, 1.54) is 36.4 Å². The van der Waals surface area contributed by atoms with E-state index < -0.39 is 41.4 Å². The first-order chi connectivity index (χ1) is 28.4. The maximum absolute atomic E-state index is 13.2. The molecule has 16 heteroatoms. The summed E-state index contributed by atoms with van der Waals surface area (Å²) >= 11 is 6.02. The van der Waals surface area contributed by atoms with Gasteiger partial charge in [-0.3, -0.25) is 28.9 Å². The lowest BCUT2D eigenvalue weighted by Gasteiger charge is -2.29. The topological polar surface area (TPSA) is 199 Å². The minimum atomic E-state index is -0.871. The van der Waals surface area contributed by atoms with Gasteiger partial charge in [-0.1, -0.05) is 87.7 Å². The molecular formula is C44H62ClN5O10. The van der Waals surface area contributed by atoms with E-state index in [9.17, 15) is 33.6 Å². The molecule has 0 bridgehead atoms. The molecular weight excluding hydrogens is 794 g/mol. The first-order valence-electron chi connectivity index (χ1n) is 20.2. The molecule has 0 aliphatic carbocycles. The molecule has 0 spiro atoms. The summed E-state index contributed by atoms with van der Waals surface area (Å²) in [7, 11) is 1.43. The van der Waals surface area contributed by atoms with Crippen molar-refractivity contribution in [3.8, 4) is 0 Å². The lowest BCUT2D eigenvalue weighted by Crippen LogP contribution is -2.52. The highest BCUT2D eigenvalue weighted by Crippen LogP contribution is 2.23. The average molecular weight is 856 g/mol. The number of methoxy groups -OCH3 is 1. The average Bonchev–Trinajstić information content (AvgIpc) is 3.50. The number of halogens is 1. The summed E-state index contributed by atoms with van der Waals surface area (Å²) in [4.78, 5) is 87.0. The number of cyclic esters (lactones) is 1. The number of unbranched alkanes of at least 4 members (excludes halogenated alkanes) is 2. The molecule has 0 aromatic heterocycles. The molecule has 4 atom stereocenters. The van der Waals surface area contributed by atoms with Gasteiger partial charge in [0.1, 0.15) is 18.2 Å². The van der Waals surface area contributed by atoms with Gasteiger partial charge in [-0.15, -0.1) is 0 Å². The van der Waals surface area contributed by atoms with Gasteiger partial charge in [0.25, 0.3) is 11.8 Å². The minimum Gasteiger partial charge on any atom is -0.490 e. The van der Waals surface area contributed by atoms with Crippen LogP contribution in [0.5, 0.6) is 0 Å². The van der Waals surface area contributed by atoms with E-state index in [4.69, 9.17) is 25.8 Å². The Balaban J connectivity index is 1.76. The Labute approximate surface area is 358 Å². The molecule has 330 valence electrons. The van der Waals surface area contributed by atoms with Gasteiger partial charge >= 0.3 is 12.1 Å². The molecule has 0 aromatic rings. The number of imide groups is 1. The van der Waals surface area contributed by atoms with E-state index >= 15 is 0 Å². The fourth-order valence-corrected chi connectivity index (χ4v) is 6.02. The molecule has 2 aliphatic rings. The largest absolute Gasteiger partial charge is 0.490 e. The Kier molecular flexibility index (Phi) is 22.5. The summed E-state index contributed by atoms with van der Waals surface area (Å²) in [5.41, 5.74) is 0.292. The molecule has 0 aromatic carbocycles. The zero-order valence-electron chi connectivity index (χ0n) is 35.8. The van der Waals surface area contributed by atoms with Crippen LogP contribution in [0.2, 0.25) is 0 Å². The fraction of sp³-hybridized carbons (Fsp3) is 0.523. The second-order valence-electron chi connectivity index (χ2n) is 15.6.